The van der Waals surface area contributed by atoms with Crippen molar-refractivity contribution in [1.82, 2.24) is 0 Å². The van der Waals surface area contributed by atoms with Gasteiger partial charge in [-0.25, -0.2) is 0 Å². The standard InChI is InChI=1S/C25H20N2O5/c1-30-16-12-13-20(31-2)17(14-16)22-21(23(28)15-8-4-3-5-9-15)25(32-27-22)18-10-6-7-11-19(18)26-24(25)29/h3-14,21H,1-2H3,(H,26,29)/t21-,25+/m1/s1. The molecule has 160 valence electrons. The number of hydrogen-bond acceptors (Lipinski definition) is 6. The Morgan fingerprint density at radius 2 is 1.75 bits per heavy atom. The zero-order valence-corrected chi connectivity index (χ0v) is 17.5. The molecule has 3 aromatic rings. The van der Waals surface area contributed by atoms with E-state index in [-0.39, 0.29) is 5.78 Å². The number of ketones is 1. The van der Waals surface area contributed by atoms with Gasteiger partial charge in [-0.2, -0.15) is 0 Å². The zero-order valence-electron chi connectivity index (χ0n) is 17.5. The third kappa shape index (κ3) is 2.78. The van der Waals surface area contributed by atoms with Crippen LogP contribution in [0.1, 0.15) is 21.5 Å². The molecule has 7 nitrogen and oxygen atoms in total. The summed E-state index contributed by atoms with van der Waals surface area (Å²) in [4.78, 5) is 33.1. The van der Waals surface area contributed by atoms with E-state index in [1.807, 2.05) is 12.1 Å². The number of nitrogens with one attached hydrogen (secondary N) is 1. The molecule has 2 atom stereocenters. The van der Waals surface area contributed by atoms with Gasteiger partial charge in [-0.1, -0.05) is 53.7 Å². The van der Waals surface area contributed by atoms with Gasteiger partial charge >= 0.3 is 0 Å². The highest BCUT2D eigenvalue weighted by Gasteiger charge is 2.63. The Hall–Kier alpha value is -4.13. The van der Waals surface area contributed by atoms with Crippen LogP contribution in [0, 0.1) is 5.92 Å². The number of ether oxygens (including phenoxy) is 2. The Labute approximate surface area is 184 Å². The topological polar surface area (TPSA) is 86.2 Å². The first kappa shape index (κ1) is 19.8. The molecule has 0 unspecified atom stereocenters. The fraction of sp³-hybridized carbons (Fsp3) is 0.160. The van der Waals surface area contributed by atoms with Crippen molar-refractivity contribution in [2.75, 3.05) is 19.5 Å². The lowest BCUT2D eigenvalue weighted by molar-refractivity contribution is -0.140. The molecule has 1 N–H and O–H groups in total. The summed E-state index contributed by atoms with van der Waals surface area (Å²) in [5.41, 5.74) is 0.829. The van der Waals surface area contributed by atoms with E-state index in [0.717, 1.165) is 0 Å². The van der Waals surface area contributed by atoms with Gasteiger partial charge in [0.05, 0.1) is 14.2 Å². The number of methoxy groups -OCH3 is 2. The predicted octanol–water partition coefficient (Wildman–Crippen LogP) is 3.78. The number of Topliss-reactive ketones (excluding diaryl/α,β-unsaturated/α-hetero) is 1. The van der Waals surface area contributed by atoms with Crippen molar-refractivity contribution in [3.63, 3.8) is 0 Å². The van der Waals surface area contributed by atoms with Gasteiger partial charge < -0.3 is 19.6 Å². The Morgan fingerprint density at radius 3 is 2.50 bits per heavy atom. The summed E-state index contributed by atoms with van der Waals surface area (Å²) < 4.78 is 10.9. The van der Waals surface area contributed by atoms with Crippen LogP contribution in [0.15, 0.2) is 78.0 Å². The minimum Gasteiger partial charge on any atom is -0.497 e. The molecular formula is C25H20N2O5. The Balaban J connectivity index is 1.73. The molecule has 3 aromatic carbocycles. The monoisotopic (exact) mass is 428 g/mol. The third-order valence-corrected chi connectivity index (χ3v) is 5.88. The van der Waals surface area contributed by atoms with Gasteiger partial charge in [0.1, 0.15) is 23.1 Å². The number of carbonyl (C=O) groups excluding carboxylic acids is 2. The molecule has 0 saturated carbocycles. The van der Waals surface area contributed by atoms with Crippen LogP contribution in [0.25, 0.3) is 0 Å². The lowest BCUT2D eigenvalue weighted by Gasteiger charge is -2.27. The molecule has 2 aliphatic rings. The van der Waals surface area contributed by atoms with E-state index in [9.17, 15) is 9.59 Å². The van der Waals surface area contributed by atoms with Crippen LogP contribution >= 0.6 is 0 Å². The summed E-state index contributed by atoms with van der Waals surface area (Å²) in [7, 11) is 3.08. The maximum Gasteiger partial charge on any atom is 0.277 e. The average Bonchev–Trinajstić information content (AvgIpc) is 3.37. The van der Waals surface area contributed by atoms with Gasteiger partial charge in [0, 0.05) is 22.4 Å². The maximum absolute atomic E-state index is 13.9. The van der Waals surface area contributed by atoms with Crippen molar-refractivity contribution < 1.29 is 23.9 Å². The number of benzene rings is 3. The zero-order chi connectivity index (χ0) is 22.3. The minimum absolute atomic E-state index is 0.279. The van der Waals surface area contributed by atoms with E-state index in [2.05, 4.69) is 10.5 Å². The van der Waals surface area contributed by atoms with Crippen molar-refractivity contribution in [3.8, 4) is 11.5 Å². The molecule has 1 amide bonds. The molecule has 0 aliphatic carbocycles. The number of nitrogens with zero attached hydrogens (tertiary/aromatic N) is 1. The molecule has 5 rings (SSSR count). The van der Waals surface area contributed by atoms with Crippen molar-refractivity contribution >= 4 is 23.1 Å². The summed E-state index contributed by atoms with van der Waals surface area (Å²) in [5, 5.41) is 7.15. The largest absolute Gasteiger partial charge is 0.497 e. The van der Waals surface area contributed by atoms with E-state index in [1.165, 1.54) is 7.11 Å². The molecular weight excluding hydrogens is 408 g/mol. The summed E-state index contributed by atoms with van der Waals surface area (Å²) in [6.45, 7) is 0. The summed E-state index contributed by atoms with van der Waals surface area (Å²) in [6, 6.07) is 21.2. The quantitative estimate of drug-likeness (QED) is 0.625. The van der Waals surface area contributed by atoms with Crippen LogP contribution < -0.4 is 14.8 Å². The molecule has 0 bridgehead atoms. The molecule has 32 heavy (non-hydrogen) atoms. The molecule has 0 saturated heterocycles. The number of carbonyl (C=O) groups is 2. The van der Waals surface area contributed by atoms with Gasteiger partial charge in [-0.15, -0.1) is 0 Å². The highest BCUT2D eigenvalue weighted by molar-refractivity contribution is 6.25. The van der Waals surface area contributed by atoms with Gasteiger partial charge in [0.2, 0.25) is 0 Å². The van der Waals surface area contributed by atoms with Crippen LogP contribution in [0.4, 0.5) is 5.69 Å². The minimum atomic E-state index is -1.62. The van der Waals surface area contributed by atoms with Crippen molar-refractivity contribution in [2.45, 2.75) is 5.60 Å². The summed E-state index contributed by atoms with van der Waals surface area (Å²) in [5.74, 6) is -0.698. The number of anilines is 1. The Kier molecular flexibility index (Phi) is 4.66. The van der Waals surface area contributed by atoms with E-state index >= 15 is 0 Å². The van der Waals surface area contributed by atoms with E-state index in [4.69, 9.17) is 14.3 Å². The first-order valence-corrected chi connectivity index (χ1v) is 10.1. The molecule has 0 aromatic heterocycles. The number of hydrogen-bond donors (Lipinski definition) is 1. The third-order valence-electron chi connectivity index (χ3n) is 5.88. The van der Waals surface area contributed by atoms with Crippen LogP contribution in [0.3, 0.4) is 0 Å². The molecule has 0 fully saturated rings. The lowest BCUT2D eigenvalue weighted by Crippen LogP contribution is -2.46. The Bertz CT molecular complexity index is 1250. The highest BCUT2D eigenvalue weighted by Crippen LogP contribution is 2.50. The van der Waals surface area contributed by atoms with E-state index in [0.29, 0.717) is 39.6 Å². The summed E-state index contributed by atoms with van der Waals surface area (Å²) >= 11 is 0. The number of oxime groups is 1. The predicted molar refractivity (Wildman–Crippen MR) is 118 cm³/mol. The fourth-order valence-corrected chi connectivity index (χ4v) is 4.35. The normalized spacial score (nSPS) is 20.9. The van der Waals surface area contributed by atoms with Crippen molar-refractivity contribution in [3.05, 3.63) is 89.5 Å². The molecule has 7 heteroatoms. The lowest BCUT2D eigenvalue weighted by atomic mass is 9.74. The average molecular weight is 428 g/mol. The van der Waals surface area contributed by atoms with Crippen molar-refractivity contribution in [1.29, 1.82) is 0 Å². The summed E-state index contributed by atoms with van der Waals surface area (Å²) in [6.07, 6.45) is 0. The molecule has 2 aliphatic heterocycles. The second kappa shape index (κ2) is 7.53. The number of fused-ring (bicyclic) bond motifs is 2. The molecule has 2 heterocycles. The second-order valence-electron chi connectivity index (χ2n) is 7.53. The van der Waals surface area contributed by atoms with Gasteiger partial charge in [-0.3, -0.25) is 9.59 Å². The van der Waals surface area contributed by atoms with Gasteiger partial charge in [0.15, 0.2) is 5.78 Å². The second-order valence-corrected chi connectivity index (χ2v) is 7.53. The number of para-hydroxylation sites is 1. The maximum atomic E-state index is 13.9. The van der Waals surface area contributed by atoms with Crippen LogP contribution in [-0.2, 0) is 15.2 Å². The fourth-order valence-electron chi connectivity index (χ4n) is 4.35. The van der Waals surface area contributed by atoms with Gasteiger partial charge in [0.25, 0.3) is 11.5 Å². The van der Waals surface area contributed by atoms with E-state index in [1.54, 1.807) is 67.8 Å². The highest BCUT2D eigenvalue weighted by atomic mass is 16.7. The smallest absolute Gasteiger partial charge is 0.277 e. The SMILES string of the molecule is COc1ccc(OC)c(C2=NO[C@]3(C(=O)Nc4ccccc43)[C@H]2C(=O)c2ccccc2)c1. The first-order valence-electron chi connectivity index (χ1n) is 10.1. The number of amides is 1. The first-order chi connectivity index (χ1) is 15.6. The number of rotatable bonds is 5. The van der Waals surface area contributed by atoms with Crippen LogP contribution in [0.5, 0.6) is 11.5 Å². The molecule has 1 spiro atoms. The van der Waals surface area contributed by atoms with Gasteiger partial charge in [-0.05, 0) is 24.3 Å². The molecule has 0 radical (unpaired) electrons. The van der Waals surface area contributed by atoms with Crippen molar-refractivity contribution in [2.24, 2.45) is 11.1 Å². The van der Waals surface area contributed by atoms with Crippen LogP contribution in [0.2, 0.25) is 0 Å². The Morgan fingerprint density at radius 1 is 1.00 bits per heavy atom. The van der Waals surface area contributed by atoms with E-state index < -0.39 is 17.4 Å². The van der Waals surface area contributed by atoms with Crippen LogP contribution in [-0.4, -0.2) is 31.6 Å².